The van der Waals surface area contributed by atoms with Gasteiger partial charge in [-0.15, -0.1) is 10.2 Å². The van der Waals surface area contributed by atoms with Crippen molar-refractivity contribution in [1.29, 1.82) is 0 Å². The second kappa shape index (κ2) is 9.67. The third-order valence-electron chi connectivity index (χ3n) is 4.69. The molecular formula is C22H22N8O3S. The molecule has 0 aliphatic heterocycles. The molecule has 0 bridgehead atoms. The van der Waals surface area contributed by atoms with Crippen LogP contribution in [0.3, 0.4) is 0 Å². The largest absolute Gasteiger partial charge is 0.326 e. The van der Waals surface area contributed by atoms with Crippen LogP contribution in [0, 0.1) is 0 Å². The Morgan fingerprint density at radius 2 is 1.76 bits per heavy atom. The number of anilines is 3. The number of nitrogens with zero attached hydrogens (tertiary/aromatic N) is 5. The SMILES string of the molecule is CC(C)n1cnnc1-c1cccc(NC(=O)Nc2ncccc2NS(=O)(=O)c2ccccc2)n1. The highest BCUT2D eigenvalue weighted by Crippen LogP contribution is 2.23. The van der Waals surface area contributed by atoms with Gasteiger partial charge in [0.05, 0.1) is 10.6 Å². The Labute approximate surface area is 196 Å². The molecule has 34 heavy (non-hydrogen) atoms. The Balaban J connectivity index is 1.50. The van der Waals surface area contributed by atoms with E-state index >= 15 is 0 Å². The third kappa shape index (κ3) is 5.18. The number of hydrogen-bond acceptors (Lipinski definition) is 7. The zero-order valence-electron chi connectivity index (χ0n) is 18.4. The fourth-order valence-electron chi connectivity index (χ4n) is 3.08. The maximum Gasteiger partial charge on any atom is 0.326 e. The molecule has 0 spiro atoms. The second-order valence-corrected chi connectivity index (χ2v) is 9.14. The molecule has 0 saturated heterocycles. The average Bonchev–Trinajstić information content (AvgIpc) is 3.31. The molecule has 2 amide bonds. The van der Waals surface area contributed by atoms with E-state index in [9.17, 15) is 13.2 Å². The number of carbonyl (C=O) groups excluding carboxylic acids is 1. The van der Waals surface area contributed by atoms with Gasteiger partial charge < -0.3 is 4.57 Å². The van der Waals surface area contributed by atoms with Gasteiger partial charge in [-0.1, -0.05) is 24.3 Å². The van der Waals surface area contributed by atoms with Gasteiger partial charge in [-0.05, 0) is 50.2 Å². The molecule has 3 N–H and O–H groups in total. The quantitative estimate of drug-likeness (QED) is 0.367. The topological polar surface area (TPSA) is 144 Å². The zero-order chi connectivity index (χ0) is 24.1. The van der Waals surface area contributed by atoms with Gasteiger partial charge in [0.15, 0.2) is 11.6 Å². The zero-order valence-corrected chi connectivity index (χ0v) is 19.2. The third-order valence-corrected chi connectivity index (χ3v) is 6.07. The van der Waals surface area contributed by atoms with Crippen molar-refractivity contribution >= 4 is 33.4 Å². The summed E-state index contributed by atoms with van der Waals surface area (Å²) in [5, 5.41) is 13.2. The molecule has 0 radical (unpaired) electrons. The first-order valence-electron chi connectivity index (χ1n) is 10.3. The molecule has 3 heterocycles. The van der Waals surface area contributed by atoms with Gasteiger partial charge in [0.25, 0.3) is 10.0 Å². The maximum atomic E-state index is 12.7. The monoisotopic (exact) mass is 478 g/mol. The molecule has 0 aliphatic carbocycles. The van der Waals surface area contributed by atoms with E-state index in [0.717, 1.165) is 0 Å². The summed E-state index contributed by atoms with van der Waals surface area (Å²) in [4.78, 5) is 21.2. The number of sulfonamides is 1. The van der Waals surface area contributed by atoms with Gasteiger partial charge in [-0.3, -0.25) is 15.4 Å². The Kier molecular flexibility index (Phi) is 6.50. The Bertz CT molecular complexity index is 1400. The first kappa shape index (κ1) is 22.9. The molecule has 0 atom stereocenters. The van der Waals surface area contributed by atoms with Crippen LogP contribution in [0.1, 0.15) is 19.9 Å². The fraction of sp³-hybridized carbons (Fsp3) is 0.136. The molecule has 0 aliphatic rings. The number of aromatic nitrogens is 5. The van der Waals surface area contributed by atoms with E-state index in [2.05, 4.69) is 35.5 Å². The minimum absolute atomic E-state index is 0.0372. The predicted molar refractivity (Wildman–Crippen MR) is 128 cm³/mol. The molecule has 4 aromatic rings. The van der Waals surface area contributed by atoms with E-state index in [0.29, 0.717) is 11.5 Å². The van der Waals surface area contributed by atoms with E-state index in [1.165, 1.54) is 24.4 Å². The van der Waals surface area contributed by atoms with Gasteiger partial charge in [-0.25, -0.2) is 23.2 Å². The van der Waals surface area contributed by atoms with Crippen LogP contribution in [-0.2, 0) is 10.0 Å². The summed E-state index contributed by atoms with van der Waals surface area (Å²) >= 11 is 0. The van der Waals surface area contributed by atoms with Crippen molar-refractivity contribution in [3.8, 4) is 11.5 Å². The van der Waals surface area contributed by atoms with Crippen molar-refractivity contribution in [2.24, 2.45) is 0 Å². The summed E-state index contributed by atoms with van der Waals surface area (Å²) in [5.74, 6) is 0.882. The molecule has 4 rings (SSSR count). The van der Waals surface area contributed by atoms with Crippen LogP contribution in [0.5, 0.6) is 0 Å². The van der Waals surface area contributed by atoms with Gasteiger partial charge in [0, 0.05) is 12.2 Å². The number of rotatable bonds is 7. The van der Waals surface area contributed by atoms with E-state index in [-0.39, 0.29) is 28.3 Å². The lowest BCUT2D eigenvalue weighted by Crippen LogP contribution is -2.22. The number of pyridine rings is 2. The smallest absolute Gasteiger partial charge is 0.310 e. The van der Waals surface area contributed by atoms with Crippen molar-refractivity contribution in [3.63, 3.8) is 0 Å². The summed E-state index contributed by atoms with van der Waals surface area (Å²) in [6, 6.07) is 15.6. The molecule has 1 aromatic carbocycles. The van der Waals surface area contributed by atoms with Crippen molar-refractivity contribution < 1.29 is 13.2 Å². The molecule has 174 valence electrons. The van der Waals surface area contributed by atoms with E-state index in [4.69, 9.17) is 0 Å². The van der Waals surface area contributed by atoms with Crippen LogP contribution >= 0.6 is 0 Å². The summed E-state index contributed by atoms with van der Waals surface area (Å²) in [5.41, 5.74) is 0.659. The van der Waals surface area contributed by atoms with Gasteiger partial charge >= 0.3 is 6.03 Å². The molecule has 12 heteroatoms. The lowest BCUT2D eigenvalue weighted by Gasteiger charge is -2.13. The molecular weight excluding hydrogens is 456 g/mol. The summed E-state index contributed by atoms with van der Waals surface area (Å²) < 4.78 is 29.6. The highest BCUT2D eigenvalue weighted by atomic mass is 32.2. The average molecular weight is 479 g/mol. The van der Waals surface area contributed by atoms with Crippen molar-refractivity contribution in [2.45, 2.75) is 24.8 Å². The summed E-state index contributed by atoms with van der Waals surface area (Å²) in [7, 11) is -3.86. The maximum absolute atomic E-state index is 12.7. The highest BCUT2D eigenvalue weighted by molar-refractivity contribution is 7.92. The van der Waals surface area contributed by atoms with Crippen LogP contribution in [0.15, 0.2) is 78.1 Å². The fourth-order valence-corrected chi connectivity index (χ4v) is 4.17. The first-order valence-corrected chi connectivity index (χ1v) is 11.8. The number of benzene rings is 1. The van der Waals surface area contributed by atoms with E-state index in [1.54, 1.807) is 48.8 Å². The summed E-state index contributed by atoms with van der Waals surface area (Å²) in [6.45, 7) is 4.00. The van der Waals surface area contributed by atoms with Gasteiger partial charge in [0.1, 0.15) is 17.8 Å². The van der Waals surface area contributed by atoms with Crippen molar-refractivity contribution in [3.05, 3.63) is 73.2 Å². The molecule has 3 aromatic heterocycles. The molecule has 0 saturated carbocycles. The van der Waals surface area contributed by atoms with Crippen LogP contribution in [0.4, 0.5) is 22.1 Å². The van der Waals surface area contributed by atoms with Crippen molar-refractivity contribution in [2.75, 3.05) is 15.4 Å². The van der Waals surface area contributed by atoms with Crippen LogP contribution in [-0.4, -0.2) is 39.2 Å². The minimum Gasteiger partial charge on any atom is -0.310 e. The Hall–Kier alpha value is -4.32. The Morgan fingerprint density at radius 3 is 2.53 bits per heavy atom. The normalized spacial score (nSPS) is 11.3. The number of hydrogen-bond donors (Lipinski definition) is 3. The lowest BCUT2D eigenvalue weighted by atomic mass is 10.3. The number of nitrogens with one attached hydrogen (secondary N) is 3. The summed E-state index contributed by atoms with van der Waals surface area (Å²) in [6.07, 6.45) is 3.06. The van der Waals surface area contributed by atoms with Crippen LogP contribution < -0.4 is 15.4 Å². The van der Waals surface area contributed by atoms with E-state index < -0.39 is 16.1 Å². The van der Waals surface area contributed by atoms with E-state index in [1.807, 2.05) is 18.4 Å². The molecule has 11 nitrogen and oxygen atoms in total. The highest BCUT2D eigenvalue weighted by Gasteiger charge is 2.18. The first-order chi connectivity index (χ1) is 16.3. The Morgan fingerprint density at radius 1 is 0.971 bits per heavy atom. The lowest BCUT2D eigenvalue weighted by molar-refractivity contribution is 0.262. The molecule has 0 fully saturated rings. The van der Waals surface area contributed by atoms with Crippen molar-refractivity contribution in [1.82, 2.24) is 24.7 Å². The minimum atomic E-state index is -3.86. The van der Waals surface area contributed by atoms with Crippen LogP contribution in [0.25, 0.3) is 11.5 Å². The predicted octanol–water partition coefficient (Wildman–Crippen LogP) is 3.76. The number of urea groups is 1. The standard InChI is InChI=1S/C22H22N8O3S/c1-15(2)30-14-24-28-21(30)18-10-6-12-19(25-18)26-22(31)27-20-17(11-7-13-23-20)29-34(32,33)16-8-4-3-5-9-16/h3-15,29H,1-2H3,(H2,23,25,26,27,31). The number of carbonyl (C=O) groups is 1. The number of amides is 2. The van der Waals surface area contributed by atoms with Gasteiger partial charge in [0.2, 0.25) is 0 Å². The van der Waals surface area contributed by atoms with Gasteiger partial charge in [-0.2, -0.15) is 0 Å². The van der Waals surface area contributed by atoms with Crippen LogP contribution in [0.2, 0.25) is 0 Å². The second-order valence-electron chi connectivity index (χ2n) is 7.46. The molecule has 0 unspecified atom stereocenters.